The highest BCUT2D eigenvalue weighted by Gasteiger charge is 2.11. The Morgan fingerprint density at radius 1 is 0.852 bits per heavy atom. The highest BCUT2D eigenvalue weighted by molar-refractivity contribution is 7.80. The Labute approximate surface area is 160 Å². The molecule has 0 saturated carbocycles. The molecule has 0 amide bonds. The van der Waals surface area contributed by atoms with E-state index in [0.29, 0.717) is 0 Å². The van der Waals surface area contributed by atoms with Gasteiger partial charge in [0.05, 0.1) is 6.61 Å². The third-order valence-corrected chi connectivity index (χ3v) is 3.13. The number of carbonyl (C=O) groups is 3. The molecule has 0 fully saturated rings. The van der Waals surface area contributed by atoms with E-state index >= 15 is 0 Å². The van der Waals surface area contributed by atoms with Gasteiger partial charge in [0.2, 0.25) is 0 Å². The predicted octanol–water partition coefficient (Wildman–Crippen LogP) is -1.93. The molecule has 0 bridgehead atoms. The van der Waals surface area contributed by atoms with Crippen LogP contribution in [0.25, 0.3) is 0 Å². The fraction of sp³-hybridized carbons (Fsp3) is 0.400. The molecule has 27 heavy (non-hydrogen) atoms. The maximum Gasteiger partial charge on any atom is 0.322 e. The van der Waals surface area contributed by atoms with E-state index in [0.717, 1.165) is 5.56 Å². The van der Waals surface area contributed by atoms with Crippen molar-refractivity contribution in [3.63, 3.8) is 0 Å². The number of carboxylic acid groups (broad SMARTS) is 3. The number of benzene rings is 1. The second-order valence-corrected chi connectivity index (χ2v) is 5.44. The molecule has 0 heterocycles. The third kappa shape index (κ3) is 14.5. The Bertz CT molecular complexity index is 565. The number of nitrogens with two attached hydrogens (primary N) is 3. The second kappa shape index (κ2) is 14.8. The van der Waals surface area contributed by atoms with E-state index in [1.165, 1.54) is 12.1 Å². The summed E-state index contributed by atoms with van der Waals surface area (Å²) < 4.78 is 0. The number of aliphatic hydroxyl groups excluding tert-OH is 1. The zero-order valence-corrected chi connectivity index (χ0v) is 15.2. The molecule has 11 N–H and O–H groups in total. The standard InChI is InChI=1S/C9H11NO3.C3H7NO3.C3H7NO2S/c10-8(9(12)13)5-6-1-3-7(11)4-2-6;4-2(1-5)3(6)7;4-2(1-7)3(5)6/h1-4,8,11H,5,10H2,(H,12,13);2,5H,1,4H2,(H,6,7);2,7H,1,4H2,(H,5,6)/t8-;2*2-/m000/s1. The molecule has 11 nitrogen and oxygen atoms in total. The Morgan fingerprint density at radius 3 is 1.48 bits per heavy atom. The maximum atomic E-state index is 10.4. The minimum atomic E-state index is -1.18. The summed E-state index contributed by atoms with van der Waals surface area (Å²) >= 11 is 3.65. The van der Waals surface area contributed by atoms with Crippen molar-refractivity contribution in [1.29, 1.82) is 0 Å². The van der Waals surface area contributed by atoms with Gasteiger partial charge in [0.1, 0.15) is 23.9 Å². The molecule has 0 radical (unpaired) electrons. The molecular formula is C15H25N3O8S. The molecule has 0 saturated heterocycles. The number of aliphatic carboxylic acids is 3. The van der Waals surface area contributed by atoms with Gasteiger partial charge in [-0.1, -0.05) is 12.1 Å². The lowest BCUT2D eigenvalue weighted by molar-refractivity contribution is -0.140. The van der Waals surface area contributed by atoms with Crippen LogP contribution in [0.1, 0.15) is 5.56 Å². The van der Waals surface area contributed by atoms with Crippen molar-refractivity contribution in [2.24, 2.45) is 17.2 Å². The van der Waals surface area contributed by atoms with Crippen LogP contribution in [-0.2, 0) is 20.8 Å². The number of phenolic OH excluding ortho intramolecular Hbond substituents is 1. The summed E-state index contributed by atoms with van der Waals surface area (Å²) in [7, 11) is 0. The van der Waals surface area contributed by atoms with Crippen molar-refractivity contribution in [3.05, 3.63) is 29.8 Å². The normalized spacial score (nSPS) is 12.9. The van der Waals surface area contributed by atoms with Crippen molar-refractivity contribution in [3.8, 4) is 5.75 Å². The summed E-state index contributed by atoms with van der Waals surface area (Å²) in [6.45, 7) is -0.505. The quantitative estimate of drug-likeness (QED) is 0.226. The number of hydrogen-bond donors (Lipinski definition) is 9. The lowest BCUT2D eigenvalue weighted by Crippen LogP contribution is -2.33. The fourth-order valence-electron chi connectivity index (χ4n) is 1.13. The Morgan fingerprint density at radius 2 is 1.26 bits per heavy atom. The predicted molar refractivity (Wildman–Crippen MR) is 99.6 cm³/mol. The number of carboxylic acids is 3. The van der Waals surface area contributed by atoms with E-state index in [4.69, 9.17) is 42.7 Å². The molecule has 0 aliphatic rings. The smallest absolute Gasteiger partial charge is 0.322 e. The number of aliphatic hydroxyl groups is 1. The molecule has 1 aromatic rings. The largest absolute Gasteiger partial charge is 0.508 e. The average Bonchev–Trinajstić information content (AvgIpc) is 2.62. The van der Waals surface area contributed by atoms with Gasteiger partial charge in [-0.25, -0.2) is 0 Å². The zero-order valence-electron chi connectivity index (χ0n) is 14.3. The van der Waals surface area contributed by atoms with Gasteiger partial charge < -0.3 is 42.7 Å². The monoisotopic (exact) mass is 407 g/mol. The molecule has 0 aliphatic carbocycles. The number of rotatable bonds is 7. The van der Waals surface area contributed by atoms with Crippen molar-refractivity contribution < 1.29 is 39.9 Å². The van der Waals surface area contributed by atoms with Crippen LogP contribution in [0, 0.1) is 0 Å². The lowest BCUT2D eigenvalue weighted by Gasteiger charge is -2.05. The van der Waals surface area contributed by atoms with Crippen LogP contribution in [0.5, 0.6) is 5.75 Å². The SMILES string of the molecule is N[C@@H](CO)C(=O)O.N[C@@H](CS)C(=O)O.N[C@@H](Cc1ccc(O)cc1)C(=O)O. The second-order valence-electron chi connectivity index (χ2n) is 5.07. The van der Waals surface area contributed by atoms with E-state index < -0.39 is 42.6 Å². The molecule has 0 spiro atoms. The Hall–Kier alpha value is -2.38. The first-order chi connectivity index (χ1) is 12.5. The van der Waals surface area contributed by atoms with E-state index in [-0.39, 0.29) is 17.9 Å². The molecule has 154 valence electrons. The van der Waals surface area contributed by atoms with E-state index in [1.54, 1.807) is 12.1 Å². The fourth-order valence-corrected chi connectivity index (χ4v) is 1.29. The van der Waals surface area contributed by atoms with Crippen LogP contribution in [0.3, 0.4) is 0 Å². The number of phenols is 1. The van der Waals surface area contributed by atoms with Gasteiger partial charge in [0, 0.05) is 5.75 Å². The molecule has 0 aliphatic heterocycles. The summed E-state index contributed by atoms with van der Waals surface area (Å²) in [6, 6.07) is 3.48. The van der Waals surface area contributed by atoms with Crippen molar-refractivity contribution in [2.75, 3.05) is 12.4 Å². The molecule has 0 unspecified atom stereocenters. The lowest BCUT2D eigenvalue weighted by atomic mass is 10.1. The molecular weight excluding hydrogens is 382 g/mol. The van der Waals surface area contributed by atoms with Gasteiger partial charge >= 0.3 is 17.9 Å². The van der Waals surface area contributed by atoms with Crippen molar-refractivity contribution >= 4 is 30.5 Å². The van der Waals surface area contributed by atoms with Crippen molar-refractivity contribution in [1.82, 2.24) is 0 Å². The van der Waals surface area contributed by atoms with Gasteiger partial charge in [-0.05, 0) is 24.1 Å². The molecule has 1 rings (SSSR count). The number of hydrogen-bond acceptors (Lipinski definition) is 9. The minimum Gasteiger partial charge on any atom is -0.508 e. The number of thiol groups is 1. The maximum absolute atomic E-state index is 10.4. The van der Waals surface area contributed by atoms with Crippen LogP contribution in [-0.4, -0.2) is 73.9 Å². The van der Waals surface area contributed by atoms with Gasteiger partial charge in [0.25, 0.3) is 0 Å². The van der Waals surface area contributed by atoms with Gasteiger partial charge in [0.15, 0.2) is 0 Å². The van der Waals surface area contributed by atoms with Crippen molar-refractivity contribution in [2.45, 2.75) is 24.5 Å². The highest BCUT2D eigenvalue weighted by atomic mass is 32.1. The molecule has 1 aromatic carbocycles. The van der Waals surface area contributed by atoms with Gasteiger partial charge in [-0.2, -0.15) is 12.6 Å². The first-order valence-electron chi connectivity index (χ1n) is 7.40. The first-order valence-corrected chi connectivity index (χ1v) is 8.04. The minimum absolute atomic E-state index is 0.160. The van der Waals surface area contributed by atoms with Crippen LogP contribution in [0.2, 0.25) is 0 Å². The summed E-state index contributed by atoms with van der Waals surface area (Å²) in [4.78, 5) is 29.8. The highest BCUT2D eigenvalue weighted by Crippen LogP contribution is 2.10. The van der Waals surface area contributed by atoms with Crippen LogP contribution in [0.4, 0.5) is 0 Å². The summed E-state index contributed by atoms with van der Waals surface area (Å²) in [6.07, 6.45) is 0.273. The van der Waals surface area contributed by atoms with Crippen LogP contribution < -0.4 is 17.2 Å². The Balaban J connectivity index is 0. The van der Waals surface area contributed by atoms with Gasteiger partial charge in [-0.3, -0.25) is 14.4 Å². The molecule has 12 heteroatoms. The van der Waals surface area contributed by atoms with E-state index in [1.807, 2.05) is 0 Å². The zero-order chi connectivity index (χ0) is 21.6. The molecule has 3 atom stereocenters. The topological polar surface area (TPSA) is 230 Å². The van der Waals surface area contributed by atoms with Crippen LogP contribution in [0.15, 0.2) is 24.3 Å². The summed E-state index contributed by atoms with van der Waals surface area (Å²) in [5.41, 5.74) is 15.8. The average molecular weight is 407 g/mol. The third-order valence-electron chi connectivity index (χ3n) is 2.74. The van der Waals surface area contributed by atoms with Crippen LogP contribution >= 0.6 is 12.6 Å². The first kappa shape index (κ1) is 26.8. The summed E-state index contributed by atoms with van der Waals surface area (Å²) in [5.74, 6) is -2.85. The van der Waals surface area contributed by atoms with E-state index in [2.05, 4.69) is 12.6 Å². The molecule has 0 aromatic heterocycles. The number of aromatic hydroxyl groups is 1. The van der Waals surface area contributed by atoms with E-state index in [9.17, 15) is 14.4 Å². The van der Waals surface area contributed by atoms with Gasteiger partial charge in [-0.15, -0.1) is 0 Å². The Kier molecular flexibility index (Phi) is 14.7. The summed E-state index contributed by atoms with van der Waals surface area (Å²) in [5, 5.41) is 41.4.